The summed E-state index contributed by atoms with van der Waals surface area (Å²) >= 11 is 0. The van der Waals surface area contributed by atoms with Crippen LogP contribution in [0.15, 0.2) is 0 Å². The van der Waals surface area contributed by atoms with Crippen LogP contribution in [-0.4, -0.2) is 12.6 Å². The number of hydrogen-bond acceptors (Lipinski definition) is 1. The molecule has 1 N–H and O–H groups in total. The van der Waals surface area contributed by atoms with E-state index in [4.69, 9.17) is 0 Å². The molecule has 1 heterocycles. The molecule has 1 rings (SSSR count). The summed E-state index contributed by atoms with van der Waals surface area (Å²) in [5, 5.41) is 3.75. The topological polar surface area (TPSA) is 12.0 Å². The molecule has 3 atom stereocenters. The van der Waals surface area contributed by atoms with Crippen molar-refractivity contribution in [2.75, 3.05) is 6.54 Å². The fraction of sp³-hybridized carbons (Fsp3) is 1.00. The molecule has 1 saturated heterocycles. The maximum atomic E-state index is 3.75. The first-order valence-electron chi connectivity index (χ1n) is 8.46. The molecule has 1 fully saturated rings. The highest BCUT2D eigenvalue weighted by Crippen LogP contribution is 2.34. The van der Waals surface area contributed by atoms with Crippen LogP contribution >= 0.6 is 0 Å². The van der Waals surface area contributed by atoms with Crippen molar-refractivity contribution in [1.82, 2.24) is 5.32 Å². The first kappa shape index (κ1) is 16.0. The SMILES string of the molecule is CCCC(C)C(CC1CCCCN1)C(CC)CC. The van der Waals surface area contributed by atoms with Gasteiger partial charge in [-0.15, -0.1) is 0 Å². The van der Waals surface area contributed by atoms with E-state index in [0.717, 1.165) is 23.8 Å². The zero-order valence-corrected chi connectivity index (χ0v) is 13.2. The van der Waals surface area contributed by atoms with E-state index in [1.54, 1.807) is 0 Å². The largest absolute Gasteiger partial charge is 0.314 e. The van der Waals surface area contributed by atoms with E-state index in [-0.39, 0.29) is 0 Å². The maximum absolute atomic E-state index is 3.75. The molecular formula is C17H35N. The molecule has 1 aliphatic rings. The molecule has 108 valence electrons. The third-order valence-electron chi connectivity index (χ3n) is 5.10. The zero-order valence-electron chi connectivity index (χ0n) is 13.2. The molecule has 0 saturated carbocycles. The van der Waals surface area contributed by atoms with Gasteiger partial charge < -0.3 is 5.32 Å². The predicted octanol–water partition coefficient (Wildman–Crippen LogP) is 5.01. The fourth-order valence-electron chi connectivity index (χ4n) is 3.91. The van der Waals surface area contributed by atoms with Crippen molar-refractivity contribution >= 4 is 0 Å². The van der Waals surface area contributed by atoms with Crippen molar-refractivity contribution in [3.63, 3.8) is 0 Å². The molecule has 0 radical (unpaired) electrons. The van der Waals surface area contributed by atoms with Gasteiger partial charge in [0.1, 0.15) is 0 Å². The summed E-state index contributed by atoms with van der Waals surface area (Å²) in [5.41, 5.74) is 0. The van der Waals surface area contributed by atoms with Crippen LogP contribution in [-0.2, 0) is 0 Å². The van der Waals surface area contributed by atoms with Crippen LogP contribution in [0.2, 0.25) is 0 Å². The van der Waals surface area contributed by atoms with Crippen LogP contribution in [0.1, 0.15) is 79.1 Å². The van der Waals surface area contributed by atoms with Gasteiger partial charge in [-0.25, -0.2) is 0 Å². The van der Waals surface area contributed by atoms with Crippen LogP contribution in [0.25, 0.3) is 0 Å². The second-order valence-electron chi connectivity index (χ2n) is 6.39. The smallest absolute Gasteiger partial charge is 0.00699 e. The lowest BCUT2D eigenvalue weighted by atomic mass is 9.73. The molecule has 0 aromatic heterocycles. The van der Waals surface area contributed by atoms with E-state index < -0.39 is 0 Å². The van der Waals surface area contributed by atoms with Crippen LogP contribution < -0.4 is 5.32 Å². The summed E-state index contributed by atoms with van der Waals surface area (Å²) in [5.74, 6) is 2.79. The number of hydrogen-bond donors (Lipinski definition) is 1. The van der Waals surface area contributed by atoms with E-state index in [1.165, 1.54) is 57.9 Å². The standard InChI is InChI=1S/C17H35N/c1-5-10-14(4)17(15(6-2)7-3)13-16-11-8-9-12-18-16/h14-18H,5-13H2,1-4H3. The molecule has 1 aliphatic heterocycles. The van der Waals surface area contributed by atoms with Crippen LogP contribution in [0.3, 0.4) is 0 Å². The minimum atomic E-state index is 0.809. The van der Waals surface area contributed by atoms with Gasteiger partial charge in [0.25, 0.3) is 0 Å². The van der Waals surface area contributed by atoms with Crippen LogP contribution in [0.4, 0.5) is 0 Å². The van der Waals surface area contributed by atoms with E-state index in [9.17, 15) is 0 Å². The monoisotopic (exact) mass is 253 g/mol. The Morgan fingerprint density at radius 1 is 1.11 bits per heavy atom. The maximum Gasteiger partial charge on any atom is 0.00699 e. The summed E-state index contributed by atoms with van der Waals surface area (Å²) in [7, 11) is 0. The van der Waals surface area contributed by atoms with E-state index in [0.29, 0.717) is 0 Å². The first-order valence-corrected chi connectivity index (χ1v) is 8.46. The molecule has 1 nitrogen and oxygen atoms in total. The highest BCUT2D eigenvalue weighted by Gasteiger charge is 2.27. The summed E-state index contributed by atoms with van der Waals surface area (Å²) in [6, 6.07) is 0.809. The van der Waals surface area contributed by atoms with Gasteiger partial charge in [0.2, 0.25) is 0 Å². The van der Waals surface area contributed by atoms with Gasteiger partial charge in [0.05, 0.1) is 0 Å². The zero-order chi connectivity index (χ0) is 13.4. The Bertz CT molecular complexity index is 192. The second kappa shape index (κ2) is 8.96. The predicted molar refractivity (Wildman–Crippen MR) is 81.9 cm³/mol. The highest BCUT2D eigenvalue weighted by atomic mass is 14.9. The highest BCUT2D eigenvalue weighted by molar-refractivity contribution is 4.81. The molecule has 0 bridgehead atoms. The van der Waals surface area contributed by atoms with Gasteiger partial charge >= 0.3 is 0 Å². The molecule has 0 amide bonds. The molecule has 0 aliphatic carbocycles. The second-order valence-corrected chi connectivity index (χ2v) is 6.39. The Balaban J connectivity index is 2.56. The Morgan fingerprint density at radius 3 is 2.33 bits per heavy atom. The van der Waals surface area contributed by atoms with Crippen LogP contribution in [0, 0.1) is 17.8 Å². The summed E-state index contributed by atoms with van der Waals surface area (Å²) in [4.78, 5) is 0. The van der Waals surface area contributed by atoms with E-state index in [2.05, 4.69) is 33.0 Å². The molecular weight excluding hydrogens is 218 g/mol. The lowest BCUT2D eigenvalue weighted by Gasteiger charge is -2.35. The van der Waals surface area contributed by atoms with Gasteiger partial charge in [-0.3, -0.25) is 0 Å². The Morgan fingerprint density at radius 2 is 1.83 bits per heavy atom. The molecule has 0 aromatic carbocycles. The van der Waals surface area contributed by atoms with E-state index in [1.807, 2.05) is 0 Å². The minimum Gasteiger partial charge on any atom is -0.314 e. The minimum absolute atomic E-state index is 0.809. The summed E-state index contributed by atoms with van der Waals surface area (Å²) in [6.07, 6.45) is 11.1. The Hall–Kier alpha value is -0.0400. The van der Waals surface area contributed by atoms with E-state index >= 15 is 0 Å². The molecule has 18 heavy (non-hydrogen) atoms. The third kappa shape index (κ3) is 4.91. The quantitative estimate of drug-likeness (QED) is 0.641. The van der Waals surface area contributed by atoms with Crippen molar-refractivity contribution in [2.45, 2.75) is 85.1 Å². The third-order valence-corrected chi connectivity index (χ3v) is 5.10. The number of piperidine rings is 1. The van der Waals surface area contributed by atoms with Crippen molar-refractivity contribution in [3.8, 4) is 0 Å². The van der Waals surface area contributed by atoms with Crippen molar-refractivity contribution in [1.29, 1.82) is 0 Å². The lowest BCUT2D eigenvalue weighted by Crippen LogP contribution is -2.38. The Kier molecular flexibility index (Phi) is 7.97. The normalized spacial score (nSPS) is 24.2. The van der Waals surface area contributed by atoms with Gasteiger partial charge in [-0.1, -0.05) is 59.8 Å². The summed E-state index contributed by atoms with van der Waals surface area (Å²) < 4.78 is 0. The number of rotatable bonds is 8. The average Bonchev–Trinajstić information content (AvgIpc) is 2.40. The molecule has 1 heteroatoms. The van der Waals surface area contributed by atoms with Crippen molar-refractivity contribution < 1.29 is 0 Å². The molecule has 3 unspecified atom stereocenters. The van der Waals surface area contributed by atoms with Crippen molar-refractivity contribution in [2.24, 2.45) is 17.8 Å². The number of nitrogens with one attached hydrogen (secondary N) is 1. The lowest BCUT2D eigenvalue weighted by molar-refractivity contribution is 0.173. The fourth-order valence-corrected chi connectivity index (χ4v) is 3.91. The average molecular weight is 253 g/mol. The molecule has 0 spiro atoms. The van der Waals surface area contributed by atoms with Gasteiger partial charge in [0, 0.05) is 6.04 Å². The first-order chi connectivity index (χ1) is 8.72. The van der Waals surface area contributed by atoms with Crippen LogP contribution in [0.5, 0.6) is 0 Å². The van der Waals surface area contributed by atoms with Gasteiger partial charge in [-0.05, 0) is 43.6 Å². The van der Waals surface area contributed by atoms with Gasteiger partial charge in [0.15, 0.2) is 0 Å². The van der Waals surface area contributed by atoms with Gasteiger partial charge in [-0.2, -0.15) is 0 Å². The summed E-state index contributed by atoms with van der Waals surface area (Å²) in [6.45, 7) is 10.8. The van der Waals surface area contributed by atoms with Crippen molar-refractivity contribution in [3.05, 3.63) is 0 Å². The Labute approximate surface area is 115 Å². The molecule has 0 aromatic rings.